The van der Waals surface area contributed by atoms with Crippen LogP contribution in [0.25, 0.3) is 0 Å². The summed E-state index contributed by atoms with van der Waals surface area (Å²) in [5.74, 6) is -1.18. The van der Waals surface area contributed by atoms with E-state index in [-0.39, 0.29) is 15.7 Å². The van der Waals surface area contributed by atoms with E-state index in [9.17, 15) is 19.7 Å². The van der Waals surface area contributed by atoms with E-state index in [1.807, 2.05) is 6.92 Å². The third-order valence-electron chi connectivity index (χ3n) is 2.57. The van der Waals surface area contributed by atoms with Gasteiger partial charge in [0.25, 0.3) is 11.6 Å². The second kappa shape index (κ2) is 8.35. The third-order valence-corrected chi connectivity index (χ3v) is 3.24. The number of rotatable bonds is 7. The van der Waals surface area contributed by atoms with Crippen molar-refractivity contribution in [2.24, 2.45) is 0 Å². The minimum atomic E-state index is -0.781. The second-order valence-electron chi connectivity index (χ2n) is 4.20. The fourth-order valence-electron chi connectivity index (χ4n) is 1.45. The number of unbranched alkanes of at least 4 members (excludes halogenated alkanes) is 1. The molecule has 0 radical (unpaired) electrons. The number of benzene rings is 1. The Morgan fingerprint density at radius 2 is 2.14 bits per heavy atom. The fraction of sp³-hybridized carbons (Fsp3) is 0.385. The number of hydrogen-bond donors (Lipinski definition) is 1. The molecule has 1 amide bonds. The summed E-state index contributed by atoms with van der Waals surface area (Å²) in [6.07, 6.45) is 1.79. The molecule has 0 spiro atoms. The van der Waals surface area contributed by atoms with Crippen LogP contribution in [0.5, 0.6) is 0 Å². The molecular formula is C13H15BrN2O5. The van der Waals surface area contributed by atoms with E-state index in [4.69, 9.17) is 4.74 Å². The van der Waals surface area contributed by atoms with Crippen molar-refractivity contribution < 1.29 is 19.2 Å². The molecule has 8 heteroatoms. The maximum Gasteiger partial charge on any atom is 0.338 e. The maximum absolute atomic E-state index is 11.7. The molecule has 0 atom stereocenters. The molecule has 0 bridgehead atoms. The molecule has 1 aromatic rings. The van der Waals surface area contributed by atoms with Crippen molar-refractivity contribution in [1.82, 2.24) is 5.32 Å². The summed E-state index contributed by atoms with van der Waals surface area (Å²) in [6.45, 7) is 2.11. The van der Waals surface area contributed by atoms with Crippen molar-refractivity contribution in [2.45, 2.75) is 19.8 Å². The van der Waals surface area contributed by atoms with E-state index in [2.05, 4.69) is 21.2 Å². The molecule has 0 aliphatic carbocycles. The van der Waals surface area contributed by atoms with Crippen molar-refractivity contribution in [3.63, 3.8) is 0 Å². The summed E-state index contributed by atoms with van der Waals surface area (Å²) >= 11 is 3.02. The Hall–Kier alpha value is -1.96. The number of nitro benzene ring substituents is 1. The third kappa shape index (κ3) is 5.50. The lowest BCUT2D eigenvalue weighted by Gasteiger charge is -2.06. The first-order chi connectivity index (χ1) is 9.95. The van der Waals surface area contributed by atoms with Gasteiger partial charge in [0.1, 0.15) is 0 Å². The summed E-state index contributed by atoms with van der Waals surface area (Å²) < 4.78 is 5.07. The normalized spacial score (nSPS) is 10.0. The van der Waals surface area contributed by atoms with Crippen LogP contribution in [-0.4, -0.2) is 30.0 Å². The lowest BCUT2D eigenvalue weighted by atomic mass is 10.2. The van der Waals surface area contributed by atoms with Gasteiger partial charge >= 0.3 is 5.97 Å². The highest BCUT2D eigenvalue weighted by molar-refractivity contribution is 9.10. The summed E-state index contributed by atoms with van der Waals surface area (Å²) in [6, 6.07) is 3.87. The first-order valence-corrected chi connectivity index (χ1v) is 7.12. The average molecular weight is 359 g/mol. The summed E-state index contributed by atoms with van der Waals surface area (Å²) in [5.41, 5.74) is -0.219. The number of amides is 1. The number of nitrogens with zero attached hydrogens (tertiary/aromatic N) is 1. The van der Waals surface area contributed by atoms with E-state index in [0.29, 0.717) is 6.54 Å². The molecule has 0 fully saturated rings. The van der Waals surface area contributed by atoms with Crippen LogP contribution in [0, 0.1) is 10.1 Å². The fourth-order valence-corrected chi connectivity index (χ4v) is 1.84. The van der Waals surface area contributed by atoms with Crippen molar-refractivity contribution >= 4 is 33.5 Å². The average Bonchev–Trinajstić information content (AvgIpc) is 2.45. The Bertz CT molecular complexity index is 547. The van der Waals surface area contributed by atoms with Crippen molar-refractivity contribution in [1.29, 1.82) is 0 Å². The Kier molecular flexibility index (Phi) is 6.80. The molecule has 21 heavy (non-hydrogen) atoms. The first-order valence-electron chi connectivity index (χ1n) is 6.33. The van der Waals surface area contributed by atoms with Gasteiger partial charge < -0.3 is 10.1 Å². The van der Waals surface area contributed by atoms with Gasteiger partial charge in [0.2, 0.25) is 0 Å². The molecule has 0 saturated heterocycles. The van der Waals surface area contributed by atoms with E-state index in [1.54, 1.807) is 0 Å². The molecule has 0 aromatic heterocycles. The Morgan fingerprint density at radius 1 is 1.43 bits per heavy atom. The molecule has 0 heterocycles. The summed E-state index contributed by atoms with van der Waals surface area (Å²) in [4.78, 5) is 33.3. The zero-order valence-corrected chi connectivity index (χ0v) is 13.0. The number of nitrogens with one attached hydrogen (secondary N) is 1. The van der Waals surface area contributed by atoms with Crippen LogP contribution in [0.4, 0.5) is 5.69 Å². The molecule has 114 valence electrons. The van der Waals surface area contributed by atoms with Crippen molar-refractivity contribution in [3.8, 4) is 0 Å². The molecule has 1 rings (SSSR count). The Morgan fingerprint density at radius 3 is 2.76 bits per heavy atom. The quantitative estimate of drug-likeness (QED) is 0.349. The van der Waals surface area contributed by atoms with Crippen LogP contribution in [0.3, 0.4) is 0 Å². The van der Waals surface area contributed by atoms with E-state index in [1.165, 1.54) is 12.1 Å². The monoisotopic (exact) mass is 358 g/mol. The highest BCUT2D eigenvalue weighted by Crippen LogP contribution is 2.25. The number of halogens is 1. The molecule has 0 aliphatic rings. The number of carbonyl (C=O) groups is 2. The van der Waals surface area contributed by atoms with Crippen LogP contribution in [0.1, 0.15) is 30.1 Å². The predicted molar refractivity (Wildman–Crippen MR) is 79.0 cm³/mol. The standard InChI is InChI=1S/C13H15BrN2O5/c1-2-3-6-15-12(17)8-21-13(18)9-4-5-10(14)11(7-9)16(19)20/h4-5,7H,2-3,6,8H2,1H3,(H,15,17). The predicted octanol–water partition coefficient (Wildman–Crippen LogP) is 2.43. The molecule has 7 nitrogen and oxygen atoms in total. The van der Waals surface area contributed by atoms with E-state index >= 15 is 0 Å². The summed E-state index contributed by atoms with van der Waals surface area (Å²) in [5, 5.41) is 13.4. The largest absolute Gasteiger partial charge is 0.452 e. The van der Waals surface area contributed by atoms with Gasteiger partial charge in [-0.3, -0.25) is 14.9 Å². The van der Waals surface area contributed by atoms with Gasteiger partial charge in [0.15, 0.2) is 6.61 Å². The van der Waals surface area contributed by atoms with Gasteiger partial charge in [-0.05, 0) is 34.5 Å². The van der Waals surface area contributed by atoms with Gasteiger partial charge in [-0.1, -0.05) is 13.3 Å². The minimum Gasteiger partial charge on any atom is -0.452 e. The van der Waals surface area contributed by atoms with Crippen LogP contribution < -0.4 is 5.32 Å². The maximum atomic E-state index is 11.7. The van der Waals surface area contributed by atoms with Gasteiger partial charge in [-0.25, -0.2) is 4.79 Å². The lowest BCUT2D eigenvalue weighted by molar-refractivity contribution is -0.385. The SMILES string of the molecule is CCCCNC(=O)COC(=O)c1ccc(Br)c([N+](=O)[O-])c1. The number of hydrogen-bond acceptors (Lipinski definition) is 5. The van der Waals surface area contributed by atoms with Crippen LogP contribution in [-0.2, 0) is 9.53 Å². The molecule has 0 unspecified atom stereocenters. The van der Waals surface area contributed by atoms with Crippen molar-refractivity contribution in [2.75, 3.05) is 13.2 Å². The van der Waals surface area contributed by atoms with Gasteiger partial charge in [0, 0.05) is 12.6 Å². The second-order valence-corrected chi connectivity index (χ2v) is 5.06. The number of esters is 1. The zero-order chi connectivity index (χ0) is 15.8. The number of ether oxygens (including phenoxy) is 1. The van der Waals surface area contributed by atoms with E-state index < -0.39 is 23.4 Å². The zero-order valence-electron chi connectivity index (χ0n) is 11.4. The van der Waals surface area contributed by atoms with Crippen molar-refractivity contribution in [3.05, 3.63) is 38.3 Å². The lowest BCUT2D eigenvalue weighted by Crippen LogP contribution is -2.29. The molecule has 1 N–H and O–H groups in total. The summed E-state index contributed by atoms with van der Waals surface area (Å²) in [7, 11) is 0. The highest BCUT2D eigenvalue weighted by Gasteiger charge is 2.17. The Balaban J connectivity index is 2.58. The van der Waals surface area contributed by atoms with Crippen LogP contribution >= 0.6 is 15.9 Å². The van der Waals surface area contributed by atoms with Gasteiger partial charge in [0.05, 0.1) is 15.0 Å². The smallest absolute Gasteiger partial charge is 0.338 e. The molecular weight excluding hydrogens is 344 g/mol. The van der Waals surface area contributed by atoms with Gasteiger partial charge in [-0.15, -0.1) is 0 Å². The molecule has 0 saturated carbocycles. The van der Waals surface area contributed by atoms with Gasteiger partial charge in [-0.2, -0.15) is 0 Å². The number of carbonyl (C=O) groups excluding carboxylic acids is 2. The van der Waals surface area contributed by atoms with Crippen LogP contribution in [0.15, 0.2) is 22.7 Å². The Labute approximate surface area is 129 Å². The molecule has 0 aliphatic heterocycles. The topological polar surface area (TPSA) is 98.5 Å². The minimum absolute atomic E-state index is 0.0197. The molecule has 1 aromatic carbocycles. The first kappa shape index (κ1) is 17.1. The number of nitro groups is 1. The highest BCUT2D eigenvalue weighted by atomic mass is 79.9. The van der Waals surface area contributed by atoms with Crippen LogP contribution in [0.2, 0.25) is 0 Å². The van der Waals surface area contributed by atoms with E-state index in [0.717, 1.165) is 18.9 Å².